The van der Waals surface area contributed by atoms with E-state index in [-0.39, 0.29) is 28.2 Å². The predicted octanol–water partition coefficient (Wildman–Crippen LogP) is 3.27. The lowest BCUT2D eigenvalue weighted by Crippen LogP contribution is -2.45. The number of phenolic OH excluding ortho intramolecular Hbond substituents is 1. The number of phenols is 1. The Kier molecular flexibility index (Phi) is 4.25. The van der Waals surface area contributed by atoms with Crippen molar-refractivity contribution in [1.29, 1.82) is 0 Å². The maximum Gasteiger partial charge on any atom is 0.263 e. The summed E-state index contributed by atoms with van der Waals surface area (Å²) >= 11 is 0. The van der Waals surface area contributed by atoms with Gasteiger partial charge in [0.15, 0.2) is 5.65 Å². The topological polar surface area (TPSA) is 124 Å². The SMILES string of the molecule is N[C@@H]1c2ccccc2CC12CCN(c1nc3n[nH]c(C4(c5ccc(O)cc5)CC4)c3c(=O)[nH]1)CC2. The zero-order valence-corrected chi connectivity index (χ0v) is 19.4. The third-order valence-electron chi connectivity index (χ3n) is 8.71. The van der Waals surface area contributed by atoms with E-state index in [4.69, 9.17) is 10.7 Å². The van der Waals surface area contributed by atoms with Crippen molar-refractivity contribution in [2.75, 3.05) is 18.0 Å². The number of aromatic hydroxyl groups is 1. The maximum absolute atomic E-state index is 13.3. The van der Waals surface area contributed by atoms with Gasteiger partial charge in [0.2, 0.25) is 5.95 Å². The zero-order valence-electron chi connectivity index (χ0n) is 19.4. The van der Waals surface area contributed by atoms with Crippen molar-refractivity contribution in [3.05, 3.63) is 81.3 Å². The van der Waals surface area contributed by atoms with Crippen LogP contribution in [0.4, 0.5) is 5.95 Å². The molecule has 35 heavy (non-hydrogen) atoms. The molecule has 1 atom stereocenters. The summed E-state index contributed by atoms with van der Waals surface area (Å²) in [5, 5.41) is 17.8. The van der Waals surface area contributed by atoms with Gasteiger partial charge in [0, 0.05) is 24.5 Å². The molecule has 0 unspecified atom stereocenters. The minimum atomic E-state index is -0.274. The Morgan fingerprint density at radius 2 is 1.77 bits per heavy atom. The highest BCUT2D eigenvalue weighted by molar-refractivity contribution is 5.80. The van der Waals surface area contributed by atoms with E-state index in [1.807, 2.05) is 12.1 Å². The second-order valence-corrected chi connectivity index (χ2v) is 10.5. The number of nitrogens with one attached hydrogen (secondary N) is 2. The van der Waals surface area contributed by atoms with E-state index in [1.54, 1.807) is 12.1 Å². The van der Waals surface area contributed by atoms with Crippen LogP contribution in [0, 0.1) is 5.41 Å². The van der Waals surface area contributed by atoms with E-state index in [0.29, 0.717) is 17.0 Å². The lowest BCUT2D eigenvalue weighted by molar-refractivity contribution is 0.187. The Bertz CT molecular complexity index is 1490. The van der Waals surface area contributed by atoms with Gasteiger partial charge in [0.05, 0.1) is 5.69 Å². The number of aromatic amines is 2. The summed E-state index contributed by atoms with van der Waals surface area (Å²) in [6, 6.07) is 15.8. The zero-order chi connectivity index (χ0) is 23.8. The van der Waals surface area contributed by atoms with Gasteiger partial charge in [-0.2, -0.15) is 10.1 Å². The number of aromatic nitrogens is 4. The highest BCUT2D eigenvalue weighted by atomic mass is 16.3. The molecular formula is C27H28N6O2. The van der Waals surface area contributed by atoms with Gasteiger partial charge in [-0.05, 0) is 66.3 Å². The number of H-pyrrole nitrogens is 2. The molecule has 1 aliphatic heterocycles. The molecule has 0 radical (unpaired) electrons. The molecule has 1 spiro atoms. The molecule has 2 fully saturated rings. The highest BCUT2D eigenvalue weighted by Crippen LogP contribution is 2.54. The van der Waals surface area contributed by atoms with Crippen molar-refractivity contribution in [3.8, 4) is 5.75 Å². The monoisotopic (exact) mass is 468 g/mol. The number of hydrogen-bond donors (Lipinski definition) is 4. The minimum absolute atomic E-state index is 0.0545. The van der Waals surface area contributed by atoms with E-state index < -0.39 is 0 Å². The Hall–Kier alpha value is -3.65. The fourth-order valence-corrected chi connectivity index (χ4v) is 6.47. The van der Waals surface area contributed by atoms with Crippen molar-refractivity contribution in [1.82, 2.24) is 20.2 Å². The largest absolute Gasteiger partial charge is 0.508 e. The summed E-state index contributed by atoms with van der Waals surface area (Å²) < 4.78 is 0. The molecule has 8 nitrogen and oxygen atoms in total. The molecule has 5 N–H and O–H groups in total. The fraction of sp³-hybridized carbons (Fsp3) is 0.370. The maximum atomic E-state index is 13.3. The predicted molar refractivity (Wildman–Crippen MR) is 134 cm³/mol. The second-order valence-electron chi connectivity index (χ2n) is 10.5. The number of fused-ring (bicyclic) bond motifs is 2. The smallest absolute Gasteiger partial charge is 0.263 e. The highest BCUT2D eigenvalue weighted by Gasteiger charge is 2.49. The average Bonchev–Trinajstić information content (AvgIpc) is 3.48. The third kappa shape index (κ3) is 2.99. The van der Waals surface area contributed by atoms with Gasteiger partial charge in [-0.15, -0.1) is 0 Å². The molecule has 3 heterocycles. The molecule has 3 aliphatic rings. The molecule has 1 saturated heterocycles. The number of piperidine rings is 1. The molecule has 1 saturated carbocycles. The van der Waals surface area contributed by atoms with E-state index >= 15 is 0 Å². The van der Waals surface area contributed by atoms with Crippen LogP contribution >= 0.6 is 0 Å². The quantitative estimate of drug-likeness (QED) is 0.366. The third-order valence-corrected chi connectivity index (χ3v) is 8.71. The van der Waals surface area contributed by atoms with Crippen LogP contribution in [0.1, 0.15) is 54.1 Å². The molecule has 8 heteroatoms. The molecule has 0 bridgehead atoms. The first-order valence-corrected chi connectivity index (χ1v) is 12.4. The summed E-state index contributed by atoms with van der Waals surface area (Å²) in [6.07, 6.45) is 4.78. The van der Waals surface area contributed by atoms with E-state index in [0.717, 1.165) is 56.5 Å². The molecule has 0 amide bonds. The summed E-state index contributed by atoms with van der Waals surface area (Å²) in [4.78, 5) is 23.3. The molecule has 4 aromatic rings. The van der Waals surface area contributed by atoms with Crippen LogP contribution in [0.5, 0.6) is 5.75 Å². The van der Waals surface area contributed by atoms with Crippen LogP contribution in [0.15, 0.2) is 53.3 Å². The molecule has 2 aliphatic carbocycles. The van der Waals surface area contributed by atoms with Gasteiger partial charge in [-0.1, -0.05) is 36.4 Å². The van der Waals surface area contributed by atoms with Gasteiger partial charge < -0.3 is 15.7 Å². The second kappa shape index (κ2) is 7.18. The van der Waals surface area contributed by atoms with Crippen molar-refractivity contribution < 1.29 is 5.11 Å². The van der Waals surface area contributed by atoms with Crippen LogP contribution in [-0.2, 0) is 11.8 Å². The first-order valence-electron chi connectivity index (χ1n) is 12.4. The number of nitrogens with two attached hydrogens (primary N) is 1. The van der Waals surface area contributed by atoms with Crippen molar-refractivity contribution >= 4 is 17.0 Å². The molecule has 2 aromatic heterocycles. The van der Waals surface area contributed by atoms with E-state index in [9.17, 15) is 9.90 Å². The summed E-state index contributed by atoms with van der Waals surface area (Å²) in [6.45, 7) is 1.59. The van der Waals surface area contributed by atoms with Crippen molar-refractivity contribution in [2.45, 2.75) is 43.6 Å². The number of hydrogen-bond acceptors (Lipinski definition) is 6. The first kappa shape index (κ1) is 20.7. The van der Waals surface area contributed by atoms with Crippen LogP contribution in [0.25, 0.3) is 11.0 Å². The van der Waals surface area contributed by atoms with Gasteiger partial charge in [0.25, 0.3) is 5.56 Å². The molecule has 7 rings (SSSR count). The lowest BCUT2D eigenvalue weighted by atomic mass is 9.73. The van der Waals surface area contributed by atoms with Crippen molar-refractivity contribution in [3.63, 3.8) is 0 Å². The fourth-order valence-electron chi connectivity index (χ4n) is 6.47. The van der Waals surface area contributed by atoms with Crippen LogP contribution in [0.2, 0.25) is 0 Å². The van der Waals surface area contributed by atoms with Crippen LogP contribution < -0.4 is 16.2 Å². The number of benzene rings is 2. The molecule has 178 valence electrons. The number of nitrogens with zero attached hydrogens (tertiary/aromatic N) is 3. The average molecular weight is 469 g/mol. The standard InChI is InChI=1S/C27H28N6O2/c28-21-19-4-2-1-3-16(19)15-26(21)11-13-33(14-12-26)25-29-23-20(24(35)30-25)22(31-32-23)27(9-10-27)17-5-7-18(34)8-6-17/h1-8,21,34H,9-15,28H2,(H2,29,30,31,32,35)/t21-/m1/s1. The Balaban J connectivity index is 1.17. The van der Waals surface area contributed by atoms with Gasteiger partial charge in [0.1, 0.15) is 11.1 Å². The Morgan fingerprint density at radius 3 is 2.49 bits per heavy atom. The first-order chi connectivity index (χ1) is 17.0. The van der Waals surface area contributed by atoms with E-state index in [2.05, 4.69) is 44.3 Å². The molecular weight excluding hydrogens is 440 g/mol. The van der Waals surface area contributed by atoms with Crippen LogP contribution in [0.3, 0.4) is 0 Å². The Morgan fingerprint density at radius 1 is 1.03 bits per heavy atom. The van der Waals surface area contributed by atoms with E-state index in [1.165, 1.54) is 11.1 Å². The van der Waals surface area contributed by atoms with Crippen LogP contribution in [-0.4, -0.2) is 38.4 Å². The lowest BCUT2D eigenvalue weighted by Gasteiger charge is -2.42. The summed E-state index contributed by atoms with van der Waals surface area (Å²) in [7, 11) is 0. The normalized spacial score (nSPS) is 22.0. The molecule has 2 aromatic carbocycles. The minimum Gasteiger partial charge on any atom is -0.508 e. The van der Waals surface area contributed by atoms with Gasteiger partial charge >= 0.3 is 0 Å². The summed E-state index contributed by atoms with van der Waals surface area (Å²) in [5.41, 5.74) is 11.3. The number of rotatable bonds is 3. The number of anilines is 1. The Labute approximate surface area is 202 Å². The van der Waals surface area contributed by atoms with Crippen molar-refractivity contribution in [2.24, 2.45) is 11.1 Å². The summed E-state index contributed by atoms with van der Waals surface area (Å²) in [5.74, 6) is 0.808. The van der Waals surface area contributed by atoms with Gasteiger partial charge in [-0.25, -0.2) is 0 Å². The van der Waals surface area contributed by atoms with Gasteiger partial charge in [-0.3, -0.25) is 14.9 Å².